The van der Waals surface area contributed by atoms with Crippen LogP contribution in [-0.2, 0) is 50.5 Å². The van der Waals surface area contributed by atoms with Crippen LogP contribution >= 0.6 is 0 Å². The van der Waals surface area contributed by atoms with Gasteiger partial charge in [-0.3, -0.25) is 0 Å². The zero-order chi connectivity index (χ0) is 8.99. The number of hydrogen-bond acceptors (Lipinski definition) is 5. The van der Waals surface area contributed by atoms with Gasteiger partial charge in [0.15, 0.2) is 0 Å². The minimum absolute atomic E-state index is 0. The molecule has 0 aliphatic rings. The van der Waals surface area contributed by atoms with Crippen molar-refractivity contribution in [3.8, 4) is 10.8 Å². The van der Waals surface area contributed by atoms with Gasteiger partial charge in [-0.05, 0) is 13.8 Å². The predicted octanol–water partition coefficient (Wildman–Crippen LogP) is 2.06. The largest absolute Gasteiger partial charge is 0.696 e. The molecule has 0 spiro atoms. The number of ketones is 1. The molecule has 4 N–H and O–H groups in total. The predicted molar refractivity (Wildman–Crippen MR) is 52.9 cm³/mol. The van der Waals surface area contributed by atoms with Crippen LogP contribution in [0, 0.1) is 21.3 Å². The summed E-state index contributed by atoms with van der Waals surface area (Å²) in [5, 5.41) is 16.9. The molecule has 0 bridgehead atoms. The van der Waals surface area contributed by atoms with Gasteiger partial charge in [0.05, 0.1) is 0 Å². The minimum Gasteiger partial charge on any atom is -0.696 e. The van der Waals surface area contributed by atoms with Crippen LogP contribution in [0.2, 0.25) is 0 Å². The molecule has 5 nitrogen and oxygen atoms in total. The Kier molecular flexibility index (Phi) is 182. The summed E-state index contributed by atoms with van der Waals surface area (Å²) in [6, 6.07) is 0. The van der Waals surface area contributed by atoms with Crippen molar-refractivity contribution in [2.75, 3.05) is 0 Å². The normalized spacial score (nSPS) is 3.08. The summed E-state index contributed by atoms with van der Waals surface area (Å²) in [4.78, 5) is 9.44. The molecule has 0 aromatic heterocycles. The second-order valence-corrected chi connectivity index (χ2v) is 1.46. The maximum atomic E-state index is 9.44. The fourth-order valence-electron chi connectivity index (χ4n) is 0. The maximum absolute atomic E-state index is 9.44. The molecule has 0 heterocycles. The Bertz CT molecular complexity index is 138. The third-order valence-electron chi connectivity index (χ3n) is 0. The molecule has 0 rings (SSSR count). The smallest absolute Gasteiger partial charge is 0.126 e. The van der Waals surface area contributed by atoms with Crippen LogP contribution < -0.4 is 0 Å². The zero-order valence-electron chi connectivity index (χ0n) is 7.09. The van der Waals surface area contributed by atoms with E-state index in [2.05, 4.69) is 25.3 Å². The first kappa shape index (κ1) is 38.8. The van der Waals surface area contributed by atoms with Crippen molar-refractivity contribution >= 4 is 31.0 Å². The van der Waals surface area contributed by atoms with Gasteiger partial charge in [0, 0.05) is 20.4 Å². The van der Waals surface area contributed by atoms with Crippen molar-refractivity contribution in [2.45, 2.75) is 13.8 Å². The van der Waals surface area contributed by atoms with E-state index in [0.717, 1.165) is 0 Å². The number of nitrogens with zero attached hydrogens (tertiary/aromatic N) is 2. The molecule has 0 aliphatic carbocycles. The summed E-state index contributed by atoms with van der Waals surface area (Å²) in [6.07, 6.45) is 0. The average Bonchev–Trinajstić information content (AvgIpc) is 1.65. The monoisotopic (exact) mass is 312 g/mol. The number of Topliss-reactive ketones (excluding diaryl/α,β-unsaturated/α-hetero) is 1. The van der Waals surface area contributed by atoms with Crippen molar-refractivity contribution in [2.24, 2.45) is 0 Å². The fourth-order valence-corrected chi connectivity index (χ4v) is 0. The number of carbonyl (C=O) groups is 1. The van der Waals surface area contributed by atoms with Gasteiger partial charge in [-0.2, -0.15) is 0 Å². The van der Waals surface area contributed by atoms with Crippen LogP contribution in [0.4, 0.5) is 0 Å². The molecule has 0 aromatic carbocycles. The Labute approximate surface area is 104 Å². The second kappa shape index (κ2) is 60.9. The number of hydrogen-bond donors (Lipinski definition) is 0. The van der Waals surface area contributed by atoms with Crippen molar-refractivity contribution in [3.05, 3.63) is 12.3 Å². The third kappa shape index (κ3) is 10200. The van der Waals surface area contributed by atoms with Crippen molar-refractivity contribution < 1.29 is 25.2 Å². The molecule has 0 amide bonds. The van der Waals surface area contributed by atoms with E-state index in [1.165, 1.54) is 24.6 Å². The molecule has 0 atom stereocenters. The molecular weight excluding hydrogens is 303 g/mol. The minimum atomic E-state index is 0. The molecule has 13 heavy (non-hydrogen) atoms. The second-order valence-electron chi connectivity index (χ2n) is 1.09. The Hall–Kier alpha value is -0.328. The molecule has 8 heteroatoms. The van der Waals surface area contributed by atoms with Gasteiger partial charge in [0.2, 0.25) is 0 Å². The van der Waals surface area contributed by atoms with E-state index in [4.69, 9.17) is 10.5 Å². The Morgan fingerprint density at radius 3 is 1.08 bits per heavy atom. The quantitative estimate of drug-likeness (QED) is 0.383. The molecule has 0 aliphatic heterocycles. The number of nitriles is 2. The molecule has 0 aromatic rings. The van der Waals surface area contributed by atoms with Crippen molar-refractivity contribution in [3.63, 3.8) is 0 Å². The zero-order valence-corrected chi connectivity index (χ0v) is 10.3. The van der Waals surface area contributed by atoms with Crippen LogP contribution in [0.1, 0.15) is 13.8 Å². The first-order valence-corrected chi connectivity index (χ1v) is 2.88. The first-order chi connectivity index (χ1) is 4.56. The van der Waals surface area contributed by atoms with Gasteiger partial charge in [-0.1, -0.05) is 10.8 Å². The summed E-state index contributed by atoms with van der Waals surface area (Å²) in [6.45, 7) is 3.06. The van der Waals surface area contributed by atoms with Gasteiger partial charge >= 0.3 is 0 Å². The SMILES string of the molecule is CC(C)=O.N#C[S-].N#C[S-].[NH2-].[NH2-].[Pd]. The Morgan fingerprint density at radius 1 is 1.08 bits per heavy atom. The third-order valence-corrected chi connectivity index (χ3v) is 0. The average molecular weight is 313 g/mol. The van der Waals surface area contributed by atoms with Crippen LogP contribution in [-0.4, -0.2) is 5.78 Å². The maximum Gasteiger partial charge on any atom is 0.126 e. The van der Waals surface area contributed by atoms with Gasteiger partial charge in [-0.25, -0.2) is 10.5 Å². The van der Waals surface area contributed by atoms with Crippen LogP contribution in [0.25, 0.3) is 12.3 Å². The topological polar surface area (TPSA) is 132 Å². The number of nitrogens with two attached hydrogens (primary N) is 2. The molecule has 0 fully saturated rings. The molecule has 0 saturated carbocycles. The van der Waals surface area contributed by atoms with E-state index in [-0.39, 0.29) is 38.5 Å². The fraction of sp³-hybridized carbons (Fsp3) is 0.400. The first-order valence-electron chi connectivity index (χ1n) is 2.06. The van der Waals surface area contributed by atoms with Gasteiger partial charge in [-0.15, -0.1) is 0 Å². The Balaban J connectivity index is -0.0000000128. The van der Waals surface area contributed by atoms with Crippen molar-refractivity contribution in [1.82, 2.24) is 0 Å². The number of carbonyl (C=O) groups excluding carboxylic acids is 1. The molecule has 0 saturated heterocycles. The van der Waals surface area contributed by atoms with Gasteiger partial charge in [0.25, 0.3) is 0 Å². The summed E-state index contributed by atoms with van der Waals surface area (Å²) in [7, 11) is 0. The van der Waals surface area contributed by atoms with E-state index < -0.39 is 0 Å². The number of thiocyanates is 2. The van der Waals surface area contributed by atoms with E-state index >= 15 is 0 Å². The number of rotatable bonds is 0. The molecule has 0 radical (unpaired) electrons. The van der Waals surface area contributed by atoms with Crippen molar-refractivity contribution in [1.29, 1.82) is 10.5 Å². The van der Waals surface area contributed by atoms with Gasteiger partial charge < -0.3 is 42.4 Å². The van der Waals surface area contributed by atoms with E-state index in [1.807, 2.05) is 0 Å². The summed E-state index contributed by atoms with van der Waals surface area (Å²) < 4.78 is 0. The standard InChI is InChI=1S/C3H6O.2CHNS.2H2N.Pd/c1-3(2)4;2*2-1-3;;;/h1-2H3;2*3H;2*1H2;/q;;;2*-1;/p-2. The van der Waals surface area contributed by atoms with Crippen LogP contribution in [0.5, 0.6) is 0 Å². The summed E-state index contributed by atoms with van der Waals surface area (Å²) in [5.41, 5.74) is 0. The molecule has 0 unspecified atom stereocenters. The van der Waals surface area contributed by atoms with E-state index in [1.54, 1.807) is 0 Å². The molecule has 82 valence electrons. The summed E-state index contributed by atoms with van der Waals surface area (Å²) in [5.74, 6) is 0.167. The molecular formula is C5H10N4OPdS2-4. The summed E-state index contributed by atoms with van der Waals surface area (Å²) >= 11 is 7.40. The Morgan fingerprint density at radius 2 is 1.08 bits per heavy atom. The van der Waals surface area contributed by atoms with Gasteiger partial charge in [0.1, 0.15) is 5.78 Å². The van der Waals surface area contributed by atoms with E-state index in [9.17, 15) is 4.79 Å². The van der Waals surface area contributed by atoms with Crippen LogP contribution in [0.3, 0.4) is 0 Å². The van der Waals surface area contributed by atoms with Crippen LogP contribution in [0.15, 0.2) is 0 Å². The van der Waals surface area contributed by atoms with E-state index in [0.29, 0.717) is 0 Å².